The number of nitrogens with zero attached hydrogens (tertiary/aromatic N) is 2. The zero-order chi connectivity index (χ0) is 14.8. The van der Waals surface area contributed by atoms with Gasteiger partial charge in [-0.1, -0.05) is 18.5 Å². The summed E-state index contributed by atoms with van der Waals surface area (Å²) >= 11 is 6.16. The monoisotopic (exact) mass is 298 g/mol. The van der Waals surface area contributed by atoms with Crippen LogP contribution in [0.3, 0.4) is 0 Å². The number of hydrogen-bond acceptors (Lipinski definition) is 4. The van der Waals surface area contributed by atoms with E-state index in [1.165, 1.54) is 4.68 Å². The van der Waals surface area contributed by atoms with Crippen LogP contribution in [0.2, 0.25) is 5.02 Å². The molecule has 0 spiro atoms. The molecule has 112 valence electrons. The van der Waals surface area contributed by atoms with Crippen molar-refractivity contribution in [3.8, 4) is 0 Å². The van der Waals surface area contributed by atoms with E-state index < -0.39 is 0 Å². The van der Waals surface area contributed by atoms with Crippen molar-refractivity contribution >= 4 is 17.3 Å². The Morgan fingerprint density at radius 3 is 2.75 bits per heavy atom. The summed E-state index contributed by atoms with van der Waals surface area (Å²) in [7, 11) is 0. The van der Waals surface area contributed by atoms with Crippen molar-refractivity contribution < 1.29 is 0 Å². The van der Waals surface area contributed by atoms with Crippen LogP contribution in [0.1, 0.15) is 39.7 Å². The van der Waals surface area contributed by atoms with Crippen molar-refractivity contribution in [1.82, 2.24) is 15.1 Å². The third-order valence-electron chi connectivity index (χ3n) is 3.95. The van der Waals surface area contributed by atoms with Gasteiger partial charge in [-0.25, -0.2) is 4.68 Å². The van der Waals surface area contributed by atoms with Gasteiger partial charge < -0.3 is 10.6 Å². The minimum absolute atomic E-state index is 0.0102. The summed E-state index contributed by atoms with van der Waals surface area (Å²) in [5, 5.41) is 11.1. The molecule has 0 saturated carbocycles. The highest BCUT2D eigenvalue weighted by atomic mass is 35.5. The lowest BCUT2D eigenvalue weighted by Crippen LogP contribution is -2.39. The van der Waals surface area contributed by atoms with Crippen LogP contribution >= 0.6 is 11.6 Å². The van der Waals surface area contributed by atoms with Crippen molar-refractivity contribution in [2.24, 2.45) is 5.41 Å². The molecular formula is C14H23ClN4O. The van der Waals surface area contributed by atoms with E-state index in [0.29, 0.717) is 5.69 Å². The van der Waals surface area contributed by atoms with Gasteiger partial charge in [-0.15, -0.1) is 0 Å². The van der Waals surface area contributed by atoms with Gasteiger partial charge in [0.2, 0.25) is 0 Å². The van der Waals surface area contributed by atoms with Gasteiger partial charge in [0.05, 0.1) is 17.9 Å². The summed E-state index contributed by atoms with van der Waals surface area (Å²) in [5.41, 5.74) is 0.636. The summed E-state index contributed by atoms with van der Waals surface area (Å²) in [4.78, 5) is 12.1. The minimum Gasteiger partial charge on any atom is -0.382 e. The second-order valence-electron chi connectivity index (χ2n) is 6.13. The van der Waals surface area contributed by atoms with Crippen LogP contribution in [0, 0.1) is 5.41 Å². The molecular weight excluding hydrogens is 276 g/mol. The third-order valence-corrected chi connectivity index (χ3v) is 4.31. The Kier molecular flexibility index (Phi) is 4.70. The van der Waals surface area contributed by atoms with E-state index >= 15 is 0 Å². The molecule has 0 aromatic carbocycles. The van der Waals surface area contributed by atoms with Gasteiger partial charge in [-0.3, -0.25) is 4.79 Å². The van der Waals surface area contributed by atoms with Gasteiger partial charge in [-0.2, -0.15) is 5.10 Å². The molecule has 0 radical (unpaired) electrons. The number of halogens is 1. The standard InChI is InChI=1S/C14H23ClN4O/c1-10(2)19-13(20)12(15)11(8-18-19)17-9-14(3)4-6-16-7-5-14/h8,10,16-17H,4-7,9H2,1-3H3. The molecule has 0 bridgehead atoms. The lowest BCUT2D eigenvalue weighted by molar-refractivity contribution is 0.247. The van der Waals surface area contributed by atoms with Crippen molar-refractivity contribution in [1.29, 1.82) is 0 Å². The molecule has 2 heterocycles. The maximum Gasteiger partial charge on any atom is 0.287 e. The maximum atomic E-state index is 12.1. The molecule has 1 aliphatic heterocycles. The van der Waals surface area contributed by atoms with Crippen molar-refractivity contribution in [2.75, 3.05) is 25.0 Å². The van der Waals surface area contributed by atoms with Crippen molar-refractivity contribution in [3.05, 3.63) is 21.6 Å². The second-order valence-corrected chi connectivity index (χ2v) is 6.51. The van der Waals surface area contributed by atoms with E-state index in [-0.39, 0.29) is 22.0 Å². The fourth-order valence-corrected chi connectivity index (χ4v) is 2.65. The van der Waals surface area contributed by atoms with Crippen LogP contribution in [0.5, 0.6) is 0 Å². The first kappa shape index (κ1) is 15.3. The largest absolute Gasteiger partial charge is 0.382 e. The first-order valence-corrected chi connectivity index (χ1v) is 7.53. The van der Waals surface area contributed by atoms with Crippen LogP contribution in [-0.2, 0) is 0 Å². The van der Waals surface area contributed by atoms with Crippen molar-refractivity contribution in [2.45, 2.75) is 39.7 Å². The zero-order valence-electron chi connectivity index (χ0n) is 12.4. The van der Waals surface area contributed by atoms with Gasteiger partial charge in [0.1, 0.15) is 5.02 Å². The number of rotatable bonds is 4. The number of nitrogens with one attached hydrogen (secondary N) is 2. The quantitative estimate of drug-likeness (QED) is 0.895. The molecule has 6 heteroatoms. The molecule has 0 unspecified atom stereocenters. The molecule has 2 rings (SSSR count). The molecule has 20 heavy (non-hydrogen) atoms. The highest BCUT2D eigenvalue weighted by molar-refractivity contribution is 6.32. The molecule has 0 atom stereocenters. The van der Waals surface area contributed by atoms with Gasteiger partial charge in [0.25, 0.3) is 5.56 Å². The predicted octanol–water partition coefficient (Wildman–Crippen LogP) is 2.28. The van der Waals surface area contributed by atoms with E-state index in [1.807, 2.05) is 13.8 Å². The molecule has 1 aliphatic rings. The third kappa shape index (κ3) is 3.33. The topological polar surface area (TPSA) is 59.0 Å². The summed E-state index contributed by atoms with van der Waals surface area (Å²) in [5.74, 6) is 0. The fourth-order valence-electron chi connectivity index (χ4n) is 2.45. The number of piperidine rings is 1. The summed E-state index contributed by atoms with van der Waals surface area (Å²) in [6, 6.07) is 0.0102. The Hall–Kier alpha value is -1.07. The first-order chi connectivity index (χ1) is 9.43. The molecule has 1 fully saturated rings. The summed E-state index contributed by atoms with van der Waals surface area (Å²) in [6.07, 6.45) is 3.89. The Morgan fingerprint density at radius 1 is 1.50 bits per heavy atom. The van der Waals surface area contributed by atoms with Gasteiger partial charge in [0.15, 0.2) is 0 Å². The van der Waals surface area contributed by atoms with Gasteiger partial charge in [0, 0.05) is 6.54 Å². The number of anilines is 1. The van der Waals surface area contributed by atoms with Crippen LogP contribution in [0.4, 0.5) is 5.69 Å². The Morgan fingerprint density at radius 2 is 2.15 bits per heavy atom. The molecule has 1 aromatic rings. The summed E-state index contributed by atoms with van der Waals surface area (Å²) in [6.45, 7) is 8.97. The normalized spacial score (nSPS) is 18.2. The average molecular weight is 299 g/mol. The van der Waals surface area contributed by atoms with Gasteiger partial charge in [-0.05, 0) is 45.2 Å². The number of hydrogen-bond donors (Lipinski definition) is 2. The highest BCUT2D eigenvalue weighted by Gasteiger charge is 2.26. The molecule has 5 nitrogen and oxygen atoms in total. The highest BCUT2D eigenvalue weighted by Crippen LogP contribution is 2.29. The number of aromatic nitrogens is 2. The van der Waals surface area contributed by atoms with E-state index in [0.717, 1.165) is 32.5 Å². The predicted molar refractivity (Wildman–Crippen MR) is 82.6 cm³/mol. The molecule has 0 amide bonds. The average Bonchev–Trinajstić information content (AvgIpc) is 2.41. The second kappa shape index (κ2) is 6.14. The van der Waals surface area contributed by atoms with E-state index in [1.54, 1.807) is 6.20 Å². The Balaban J connectivity index is 2.10. The molecule has 1 aromatic heterocycles. The van der Waals surface area contributed by atoms with Crippen molar-refractivity contribution in [3.63, 3.8) is 0 Å². The van der Waals surface area contributed by atoms with E-state index in [2.05, 4.69) is 22.7 Å². The SMILES string of the molecule is CC(C)n1ncc(NCC2(C)CCNCC2)c(Cl)c1=O. The van der Waals surface area contributed by atoms with E-state index in [4.69, 9.17) is 11.6 Å². The lowest BCUT2D eigenvalue weighted by atomic mass is 9.81. The van der Waals surface area contributed by atoms with Crippen LogP contribution < -0.4 is 16.2 Å². The smallest absolute Gasteiger partial charge is 0.287 e. The Bertz CT molecular complexity index is 520. The summed E-state index contributed by atoms with van der Waals surface area (Å²) < 4.78 is 1.40. The maximum absolute atomic E-state index is 12.1. The fraction of sp³-hybridized carbons (Fsp3) is 0.714. The zero-order valence-corrected chi connectivity index (χ0v) is 13.1. The Labute approximate surface area is 124 Å². The van der Waals surface area contributed by atoms with Crippen LogP contribution in [-0.4, -0.2) is 29.4 Å². The van der Waals surface area contributed by atoms with E-state index in [9.17, 15) is 4.79 Å². The molecule has 2 N–H and O–H groups in total. The first-order valence-electron chi connectivity index (χ1n) is 7.15. The van der Waals surface area contributed by atoms with Crippen LogP contribution in [0.15, 0.2) is 11.0 Å². The van der Waals surface area contributed by atoms with Gasteiger partial charge >= 0.3 is 0 Å². The molecule has 1 saturated heterocycles. The molecule has 0 aliphatic carbocycles. The van der Waals surface area contributed by atoms with Crippen LogP contribution in [0.25, 0.3) is 0 Å². The lowest BCUT2D eigenvalue weighted by Gasteiger charge is -2.34. The minimum atomic E-state index is -0.234.